The predicted octanol–water partition coefficient (Wildman–Crippen LogP) is 7.43. The van der Waals surface area contributed by atoms with Gasteiger partial charge in [0.2, 0.25) is 0 Å². The number of carboxylic acid groups (broad SMARTS) is 1. The molecule has 2 amide bonds. The van der Waals surface area contributed by atoms with Crippen molar-refractivity contribution in [3.05, 3.63) is 70.0 Å². The quantitative estimate of drug-likeness (QED) is 0.292. The normalized spacial score (nSPS) is 21.3. The first kappa shape index (κ1) is 32.6. The summed E-state index contributed by atoms with van der Waals surface area (Å²) in [6.45, 7) is 11.1. The number of rotatable bonds is 10. The maximum absolute atomic E-state index is 14.4. The molecule has 1 spiro atoms. The summed E-state index contributed by atoms with van der Waals surface area (Å²) in [5.41, 5.74) is 1.29. The summed E-state index contributed by atoms with van der Waals surface area (Å²) >= 11 is 6.21. The third-order valence-corrected chi connectivity index (χ3v) is 9.07. The van der Waals surface area contributed by atoms with Crippen LogP contribution in [0.1, 0.15) is 107 Å². The van der Waals surface area contributed by atoms with Gasteiger partial charge in [0.05, 0.1) is 12.5 Å². The van der Waals surface area contributed by atoms with Crippen molar-refractivity contribution < 1.29 is 23.9 Å². The highest BCUT2D eigenvalue weighted by Crippen LogP contribution is 2.50. The fraction of sp³-hybridized carbons (Fsp3) is 0.529. The maximum Gasteiger partial charge on any atom is 0.305 e. The van der Waals surface area contributed by atoms with Gasteiger partial charge in [0.15, 0.2) is 0 Å². The molecule has 0 radical (unpaired) electrons. The Morgan fingerprint density at radius 2 is 1.77 bits per heavy atom. The van der Waals surface area contributed by atoms with Crippen LogP contribution >= 0.6 is 11.6 Å². The minimum Gasteiger partial charge on any atom is -0.481 e. The SMILES string of the molecule is CC(C)CC[C@H](c1ccc(C(=O)NCCC(=O)O)cc1)N1C(=O)C(c2cc(F)cc(Cl)c2)=NC12CCC(C(C)(C)C)CC2. The summed E-state index contributed by atoms with van der Waals surface area (Å²) in [6, 6.07) is 11.0. The van der Waals surface area contributed by atoms with Crippen LogP contribution in [0.3, 0.4) is 0 Å². The monoisotopic (exact) mass is 611 g/mol. The van der Waals surface area contributed by atoms with Crippen molar-refractivity contribution in [2.75, 3.05) is 6.54 Å². The van der Waals surface area contributed by atoms with Gasteiger partial charge >= 0.3 is 5.97 Å². The number of carbonyl (C=O) groups is 3. The Balaban J connectivity index is 1.72. The molecule has 2 aliphatic rings. The van der Waals surface area contributed by atoms with Gasteiger partial charge in [-0.2, -0.15) is 0 Å². The van der Waals surface area contributed by atoms with Crippen LogP contribution in [0.5, 0.6) is 0 Å². The van der Waals surface area contributed by atoms with Crippen LogP contribution in [-0.2, 0) is 9.59 Å². The maximum atomic E-state index is 14.4. The summed E-state index contributed by atoms with van der Waals surface area (Å²) in [5, 5.41) is 11.7. The standard InChI is InChI=1S/C34H43ClFN3O4/c1-21(2)6-11-28(22-7-9-23(10-8-22)31(42)37-17-14-29(40)41)39-32(43)30(24-18-26(35)20-27(36)19-24)38-34(39)15-12-25(13-16-34)33(3,4)5/h7-10,18-21,25,28H,6,11-17H2,1-5H3,(H,37,42)(H,40,41)/t25?,28-,34?/m1/s1. The third-order valence-electron chi connectivity index (χ3n) is 8.85. The molecule has 0 bridgehead atoms. The second-order valence-corrected chi connectivity index (χ2v) is 13.9. The van der Waals surface area contributed by atoms with Crippen molar-refractivity contribution in [1.29, 1.82) is 0 Å². The van der Waals surface area contributed by atoms with Crippen LogP contribution in [0.2, 0.25) is 5.02 Å². The van der Waals surface area contributed by atoms with Gasteiger partial charge in [-0.15, -0.1) is 0 Å². The van der Waals surface area contributed by atoms with Gasteiger partial charge < -0.3 is 15.3 Å². The molecular weight excluding hydrogens is 569 g/mol. The lowest BCUT2D eigenvalue weighted by molar-refractivity contribution is -0.137. The van der Waals surface area contributed by atoms with Gasteiger partial charge in [-0.3, -0.25) is 19.4 Å². The molecule has 0 aromatic heterocycles. The molecule has 232 valence electrons. The van der Waals surface area contributed by atoms with E-state index in [1.54, 1.807) is 18.2 Å². The molecule has 2 N–H and O–H groups in total. The van der Waals surface area contributed by atoms with E-state index in [1.807, 2.05) is 17.0 Å². The van der Waals surface area contributed by atoms with Crippen LogP contribution in [0.15, 0.2) is 47.5 Å². The highest BCUT2D eigenvalue weighted by Gasteiger charge is 2.52. The first-order chi connectivity index (χ1) is 20.2. The molecule has 7 nitrogen and oxygen atoms in total. The van der Waals surface area contributed by atoms with E-state index >= 15 is 0 Å². The third kappa shape index (κ3) is 7.64. The van der Waals surface area contributed by atoms with Gasteiger partial charge in [0.25, 0.3) is 11.8 Å². The molecule has 4 rings (SSSR count). The van der Waals surface area contributed by atoms with E-state index in [-0.39, 0.29) is 47.0 Å². The minimum absolute atomic E-state index is 0.0392. The number of benzene rings is 2. The predicted molar refractivity (Wildman–Crippen MR) is 167 cm³/mol. The fourth-order valence-corrected chi connectivity index (χ4v) is 6.62. The molecule has 0 unspecified atom stereocenters. The number of amides is 2. The molecule has 2 aromatic carbocycles. The number of aliphatic imine (C=N–C) groups is 1. The number of aliphatic carboxylic acids is 1. The zero-order valence-corrected chi connectivity index (χ0v) is 26.5. The second kappa shape index (κ2) is 13.2. The Labute approximate surface area is 258 Å². The van der Waals surface area contributed by atoms with E-state index in [0.717, 1.165) is 24.8 Å². The lowest BCUT2D eigenvalue weighted by atomic mass is 9.69. The van der Waals surface area contributed by atoms with Crippen molar-refractivity contribution in [3.63, 3.8) is 0 Å². The molecule has 1 aliphatic carbocycles. The molecule has 1 fully saturated rings. The topological polar surface area (TPSA) is 99.1 Å². The first-order valence-electron chi connectivity index (χ1n) is 15.2. The van der Waals surface area contributed by atoms with Crippen LogP contribution in [0, 0.1) is 23.1 Å². The Kier molecular flexibility index (Phi) is 10.00. The number of carboxylic acids is 1. The summed E-state index contributed by atoms with van der Waals surface area (Å²) in [7, 11) is 0. The summed E-state index contributed by atoms with van der Waals surface area (Å²) in [6.07, 6.45) is 4.65. The van der Waals surface area contributed by atoms with Crippen molar-refractivity contribution in [2.24, 2.45) is 22.2 Å². The largest absolute Gasteiger partial charge is 0.481 e. The molecule has 1 atom stereocenters. The Bertz CT molecular complexity index is 1350. The van der Waals surface area contributed by atoms with Crippen molar-refractivity contribution in [1.82, 2.24) is 10.2 Å². The van der Waals surface area contributed by atoms with Crippen LogP contribution in [0.4, 0.5) is 4.39 Å². The average molecular weight is 612 g/mol. The zero-order valence-electron chi connectivity index (χ0n) is 25.8. The van der Waals surface area contributed by atoms with E-state index in [0.29, 0.717) is 42.2 Å². The molecule has 9 heteroatoms. The number of carbonyl (C=O) groups excluding carboxylic acids is 2. The molecule has 43 heavy (non-hydrogen) atoms. The number of nitrogens with zero attached hydrogens (tertiary/aromatic N) is 2. The molecule has 1 aliphatic heterocycles. The molecule has 2 aromatic rings. The number of hydrogen-bond acceptors (Lipinski definition) is 4. The zero-order chi connectivity index (χ0) is 31.5. The summed E-state index contributed by atoms with van der Waals surface area (Å²) in [4.78, 5) is 44.9. The van der Waals surface area contributed by atoms with E-state index in [4.69, 9.17) is 21.7 Å². The second-order valence-electron chi connectivity index (χ2n) is 13.4. The van der Waals surface area contributed by atoms with Crippen LogP contribution in [0.25, 0.3) is 0 Å². The Hall–Kier alpha value is -3.26. The fourth-order valence-electron chi connectivity index (χ4n) is 6.40. The van der Waals surface area contributed by atoms with E-state index in [9.17, 15) is 18.8 Å². The number of nitrogens with one attached hydrogen (secondary N) is 1. The van der Waals surface area contributed by atoms with E-state index in [2.05, 4.69) is 39.9 Å². The first-order valence-corrected chi connectivity index (χ1v) is 15.6. The van der Waals surface area contributed by atoms with Crippen LogP contribution < -0.4 is 5.32 Å². The van der Waals surface area contributed by atoms with E-state index < -0.39 is 17.4 Å². The molecular formula is C34H43ClFN3O4. The summed E-state index contributed by atoms with van der Waals surface area (Å²) < 4.78 is 14.4. The minimum atomic E-state index is -0.980. The van der Waals surface area contributed by atoms with E-state index in [1.165, 1.54) is 12.1 Å². The Morgan fingerprint density at radius 3 is 2.33 bits per heavy atom. The lowest BCUT2D eigenvalue weighted by Crippen LogP contribution is -2.51. The Morgan fingerprint density at radius 1 is 1.12 bits per heavy atom. The lowest BCUT2D eigenvalue weighted by Gasteiger charge is -2.47. The van der Waals surface area contributed by atoms with Gasteiger partial charge in [0.1, 0.15) is 17.2 Å². The van der Waals surface area contributed by atoms with Gasteiger partial charge in [-0.25, -0.2) is 4.39 Å². The smallest absolute Gasteiger partial charge is 0.305 e. The highest BCUT2D eigenvalue weighted by molar-refractivity contribution is 6.47. The number of hydrogen-bond donors (Lipinski definition) is 2. The molecule has 0 saturated heterocycles. The van der Waals surface area contributed by atoms with Crippen molar-refractivity contribution in [3.8, 4) is 0 Å². The molecule has 1 heterocycles. The summed E-state index contributed by atoms with van der Waals surface area (Å²) in [5.74, 6) is -1.20. The molecule has 1 saturated carbocycles. The average Bonchev–Trinajstić information content (AvgIpc) is 3.19. The number of halogens is 2. The van der Waals surface area contributed by atoms with Crippen molar-refractivity contribution >= 4 is 35.1 Å². The van der Waals surface area contributed by atoms with Crippen LogP contribution in [-0.4, -0.2) is 45.7 Å². The van der Waals surface area contributed by atoms with Crippen molar-refractivity contribution in [2.45, 2.75) is 91.3 Å². The highest BCUT2D eigenvalue weighted by atomic mass is 35.5. The van der Waals surface area contributed by atoms with Gasteiger partial charge in [-0.1, -0.05) is 58.4 Å². The van der Waals surface area contributed by atoms with Gasteiger partial charge in [-0.05, 0) is 91.7 Å². The van der Waals surface area contributed by atoms with Gasteiger partial charge in [0, 0.05) is 22.7 Å².